The monoisotopic (exact) mass is 562 g/mol. The van der Waals surface area contributed by atoms with Crippen LogP contribution in [0.3, 0.4) is 0 Å². The molecule has 1 N–H and O–H groups in total. The zero-order chi connectivity index (χ0) is 24.7. The number of amides is 2. The van der Waals surface area contributed by atoms with Gasteiger partial charge in [-0.05, 0) is 67.8 Å². The number of benzene rings is 2. The molecule has 1 saturated heterocycles. The molecule has 2 aromatic rings. The number of rotatable bonds is 10. The predicted molar refractivity (Wildman–Crippen MR) is 145 cm³/mol. The molecule has 0 radical (unpaired) electrons. The van der Waals surface area contributed by atoms with Crippen molar-refractivity contribution in [3.8, 4) is 11.5 Å². The Morgan fingerprint density at radius 2 is 1.97 bits per heavy atom. The van der Waals surface area contributed by atoms with E-state index in [4.69, 9.17) is 21.7 Å². The first-order valence-corrected chi connectivity index (χ1v) is 13.0. The summed E-state index contributed by atoms with van der Waals surface area (Å²) in [6.07, 6.45) is 3.71. The summed E-state index contributed by atoms with van der Waals surface area (Å²) in [7, 11) is 0. The van der Waals surface area contributed by atoms with E-state index < -0.39 is 0 Å². The number of ether oxygens (including phenoxy) is 2. The van der Waals surface area contributed by atoms with Crippen molar-refractivity contribution in [1.82, 2.24) is 4.90 Å². The number of aryl methyl sites for hydroxylation is 1. The summed E-state index contributed by atoms with van der Waals surface area (Å²) in [4.78, 5) is 27.3. The summed E-state index contributed by atoms with van der Waals surface area (Å²) < 4.78 is 13.0. The third-order valence-electron chi connectivity index (χ3n) is 4.97. The van der Waals surface area contributed by atoms with E-state index in [-0.39, 0.29) is 18.4 Å². The van der Waals surface area contributed by atoms with Gasteiger partial charge in [0.1, 0.15) is 4.32 Å². The minimum absolute atomic E-state index is 0.0680. The maximum atomic E-state index is 12.7. The van der Waals surface area contributed by atoms with Crippen molar-refractivity contribution in [1.29, 1.82) is 0 Å². The van der Waals surface area contributed by atoms with Gasteiger partial charge in [0, 0.05) is 16.7 Å². The van der Waals surface area contributed by atoms with Crippen LogP contribution in [0.2, 0.25) is 0 Å². The van der Waals surface area contributed by atoms with Crippen LogP contribution in [-0.2, 0) is 9.59 Å². The molecular formula is C25H27BrN2O4S2. The van der Waals surface area contributed by atoms with Crippen molar-refractivity contribution in [3.05, 3.63) is 56.9 Å². The molecule has 2 aromatic carbocycles. The molecule has 1 heterocycles. The van der Waals surface area contributed by atoms with E-state index in [0.717, 1.165) is 28.4 Å². The minimum atomic E-state index is -0.274. The summed E-state index contributed by atoms with van der Waals surface area (Å²) in [6.45, 7) is 6.82. The van der Waals surface area contributed by atoms with Gasteiger partial charge in [-0.2, -0.15) is 0 Å². The van der Waals surface area contributed by atoms with E-state index in [1.165, 1.54) is 11.8 Å². The van der Waals surface area contributed by atoms with Gasteiger partial charge < -0.3 is 14.8 Å². The number of nitrogens with zero attached hydrogens (tertiary/aromatic N) is 1. The fourth-order valence-corrected chi connectivity index (χ4v) is 4.78. The Morgan fingerprint density at radius 1 is 1.18 bits per heavy atom. The first-order valence-electron chi connectivity index (χ1n) is 11.0. The van der Waals surface area contributed by atoms with Crippen molar-refractivity contribution >= 4 is 67.8 Å². The summed E-state index contributed by atoms with van der Waals surface area (Å²) in [6, 6.07) is 11.0. The molecule has 180 valence electrons. The second-order valence-electron chi connectivity index (χ2n) is 7.63. The Kier molecular flexibility index (Phi) is 9.55. The first-order chi connectivity index (χ1) is 16.3. The van der Waals surface area contributed by atoms with Gasteiger partial charge in [-0.1, -0.05) is 59.3 Å². The molecule has 1 fully saturated rings. The van der Waals surface area contributed by atoms with Gasteiger partial charge in [0.25, 0.3) is 11.8 Å². The lowest BCUT2D eigenvalue weighted by Gasteiger charge is -2.13. The predicted octanol–water partition coefficient (Wildman–Crippen LogP) is 6.18. The largest absolute Gasteiger partial charge is 0.490 e. The van der Waals surface area contributed by atoms with E-state index in [1.54, 1.807) is 23.1 Å². The van der Waals surface area contributed by atoms with Crippen LogP contribution in [-0.4, -0.2) is 40.8 Å². The van der Waals surface area contributed by atoms with Crippen LogP contribution in [0.5, 0.6) is 11.5 Å². The second-order valence-corrected chi connectivity index (χ2v) is 10.2. The molecule has 0 aromatic heterocycles. The number of hydrogen-bond donors (Lipinski definition) is 1. The molecule has 9 heteroatoms. The molecule has 0 aliphatic carbocycles. The van der Waals surface area contributed by atoms with E-state index >= 15 is 0 Å². The SMILES string of the molecule is CCCCN1C(=O)/C(=C/c2ccc(OCC(=O)Nc3ccc(Br)c(C)c3)c(OCC)c2)SC1=S. The van der Waals surface area contributed by atoms with Crippen molar-refractivity contribution in [2.45, 2.75) is 33.6 Å². The Balaban J connectivity index is 1.68. The van der Waals surface area contributed by atoms with Crippen LogP contribution < -0.4 is 14.8 Å². The highest BCUT2D eigenvalue weighted by atomic mass is 79.9. The molecular weight excluding hydrogens is 536 g/mol. The summed E-state index contributed by atoms with van der Waals surface area (Å²) in [5.41, 5.74) is 2.52. The molecule has 0 bridgehead atoms. The molecule has 0 saturated carbocycles. The minimum Gasteiger partial charge on any atom is -0.490 e. The van der Waals surface area contributed by atoms with Gasteiger partial charge in [-0.15, -0.1) is 0 Å². The van der Waals surface area contributed by atoms with Gasteiger partial charge >= 0.3 is 0 Å². The fourth-order valence-electron chi connectivity index (χ4n) is 3.23. The number of carbonyl (C=O) groups excluding carboxylic acids is 2. The molecule has 6 nitrogen and oxygen atoms in total. The fraction of sp³-hybridized carbons (Fsp3) is 0.320. The number of anilines is 1. The molecule has 0 atom stereocenters. The maximum absolute atomic E-state index is 12.7. The van der Waals surface area contributed by atoms with Crippen LogP contribution in [0.15, 0.2) is 45.8 Å². The van der Waals surface area contributed by atoms with E-state index in [0.29, 0.717) is 39.6 Å². The quantitative estimate of drug-likeness (QED) is 0.275. The second kappa shape index (κ2) is 12.4. The number of unbranched alkanes of at least 4 members (excludes halogenated alkanes) is 1. The molecule has 0 unspecified atom stereocenters. The zero-order valence-corrected chi connectivity index (χ0v) is 22.6. The van der Waals surface area contributed by atoms with Gasteiger partial charge in [0.2, 0.25) is 0 Å². The number of carbonyl (C=O) groups is 2. The standard InChI is InChI=1S/C25H27BrN2O4S2/c1-4-6-11-28-24(30)22(34-25(28)33)14-17-7-10-20(21(13-17)31-5-2)32-15-23(29)27-18-8-9-19(26)16(3)12-18/h7-10,12-14H,4-6,11,15H2,1-3H3,(H,27,29)/b22-14-. The molecule has 2 amide bonds. The van der Waals surface area contributed by atoms with Gasteiger partial charge in [0.05, 0.1) is 11.5 Å². The number of thiocarbonyl (C=S) groups is 1. The lowest BCUT2D eigenvalue weighted by atomic mass is 10.2. The highest BCUT2D eigenvalue weighted by molar-refractivity contribution is 9.10. The van der Waals surface area contributed by atoms with Crippen LogP contribution in [0.1, 0.15) is 37.8 Å². The summed E-state index contributed by atoms with van der Waals surface area (Å²) in [5, 5.41) is 2.83. The van der Waals surface area contributed by atoms with E-state index in [9.17, 15) is 9.59 Å². The van der Waals surface area contributed by atoms with Crippen LogP contribution in [0, 0.1) is 6.92 Å². The Labute approximate surface area is 218 Å². The van der Waals surface area contributed by atoms with Crippen LogP contribution >= 0.6 is 39.9 Å². The molecule has 0 spiro atoms. The third kappa shape index (κ3) is 6.84. The first kappa shape index (κ1) is 26.2. The normalized spacial score (nSPS) is 14.6. The molecule has 3 rings (SSSR count). The number of thioether (sulfide) groups is 1. The summed E-state index contributed by atoms with van der Waals surface area (Å²) >= 11 is 10.1. The average Bonchev–Trinajstić information content (AvgIpc) is 3.06. The lowest BCUT2D eigenvalue weighted by molar-refractivity contribution is -0.122. The average molecular weight is 564 g/mol. The van der Waals surface area contributed by atoms with Crippen molar-refractivity contribution in [2.24, 2.45) is 0 Å². The molecule has 34 heavy (non-hydrogen) atoms. The van der Waals surface area contributed by atoms with Crippen LogP contribution in [0.4, 0.5) is 5.69 Å². The van der Waals surface area contributed by atoms with Crippen molar-refractivity contribution < 1.29 is 19.1 Å². The van der Waals surface area contributed by atoms with Gasteiger partial charge in [-0.3, -0.25) is 14.5 Å². The topological polar surface area (TPSA) is 67.9 Å². The molecule has 1 aliphatic heterocycles. The van der Waals surface area contributed by atoms with E-state index in [2.05, 4.69) is 28.2 Å². The van der Waals surface area contributed by atoms with Gasteiger partial charge in [0.15, 0.2) is 18.1 Å². The summed E-state index contributed by atoms with van der Waals surface area (Å²) in [5.74, 6) is 0.618. The van der Waals surface area contributed by atoms with Gasteiger partial charge in [-0.25, -0.2) is 0 Å². The number of hydrogen-bond acceptors (Lipinski definition) is 6. The molecule has 1 aliphatic rings. The zero-order valence-electron chi connectivity index (χ0n) is 19.4. The Bertz CT molecular complexity index is 1120. The maximum Gasteiger partial charge on any atom is 0.266 e. The van der Waals surface area contributed by atoms with Crippen LogP contribution in [0.25, 0.3) is 6.08 Å². The smallest absolute Gasteiger partial charge is 0.266 e. The number of halogens is 1. The lowest BCUT2D eigenvalue weighted by Crippen LogP contribution is -2.28. The highest BCUT2D eigenvalue weighted by Gasteiger charge is 2.31. The van der Waals surface area contributed by atoms with Crippen molar-refractivity contribution in [2.75, 3.05) is 25.1 Å². The Hall–Kier alpha value is -2.36. The highest BCUT2D eigenvalue weighted by Crippen LogP contribution is 2.35. The Morgan fingerprint density at radius 3 is 2.68 bits per heavy atom. The third-order valence-corrected chi connectivity index (χ3v) is 7.24. The van der Waals surface area contributed by atoms with E-state index in [1.807, 2.05) is 38.1 Å². The number of nitrogens with one attached hydrogen (secondary N) is 1. The van der Waals surface area contributed by atoms with Crippen molar-refractivity contribution in [3.63, 3.8) is 0 Å².